The van der Waals surface area contributed by atoms with Crippen molar-refractivity contribution in [2.24, 2.45) is 0 Å². The van der Waals surface area contributed by atoms with Crippen LogP contribution in [0.1, 0.15) is 15.9 Å². The van der Waals surface area contributed by atoms with Crippen LogP contribution in [-0.2, 0) is 6.54 Å². The quantitative estimate of drug-likeness (QED) is 0.641. The van der Waals surface area contributed by atoms with E-state index in [2.05, 4.69) is 4.74 Å². The third-order valence-electron chi connectivity index (χ3n) is 3.78. The van der Waals surface area contributed by atoms with Gasteiger partial charge in [-0.3, -0.25) is 10.0 Å². The van der Waals surface area contributed by atoms with Crippen LogP contribution in [0.25, 0.3) is 0 Å². The largest absolute Gasteiger partial charge is 0.490 e. The molecule has 1 aliphatic heterocycles. The molecule has 1 amide bonds. The van der Waals surface area contributed by atoms with E-state index in [1.807, 2.05) is 4.90 Å². The summed E-state index contributed by atoms with van der Waals surface area (Å²) in [6.07, 6.45) is 0. The third kappa shape index (κ3) is 3.97. The minimum Gasteiger partial charge on any atom is -0.490 e. The minimum atomic E-state index is -2.88. The summed E-state index contributed by atoms with van der Waals surface area (Å²) in [5.74, 6) is 0.0794. The van der Waals surface area contributed by atoms with Crippen LogP contribution >= 0.6 is 0 Å². The highest BCUT2D eigenvalue weighted by molar-refractivity contribution is 5.95. The molecule has 2 aromatic rings. The second-order valence-corrected chi connectivity index (χ2v) is 5.42. The Balaban J connectivity index is 1.84. The Labute approximate surface area is 142 Å². The lowest BCUT2D eigenvalue weighted by atomic mass is 10.1. The maximum absolute atomic E-state index is 12.4. The molecule has 25 heavy (non-hydrogen) atoms. The molecule has 0 spiro atoms. The SMILES string of the molecule is O=C(NO)c1ccc2c(c1)N(Cc1cccc(OC(F)F)c1)CCO2. The maximum atomic E-state index is 12.4. The highest BCUT2D eigenvalue weighted by Gasteiger charge is 2.20. The molecule has 2 N–H and O–H groups in total. The van der Waals surface area contributed by atoms with E-state index in [9.17, 15) is 13.6 Å². The first-order valence-corrected chi connectivity index (χ1v) is 7.57. The Bertz CT molecular complexity index is 770. The van der Waals surface area contributed by atoms with E-state index in [1.165, 1.54) is 6.07 Å². The molecular formula is C17H16F2N2O4. The van der Waals surface area contributed by atoms with Crippen molar-refractivity contribution in [3.63, 3.8) is 0 Å². The fourth-order valence-electron chi connectivity index (χ4n) is 2.68. The van der Waals surface area contributed by atoms with Crippen molar-refractivity contribution in [2.75, 3.05) is 18.1 Å². The smallest absolute Gasteiger partial charge is 0.387 e. The first-order valence-electron chi connectivity index (χ1n) is 7.57. The summed E-state index contributed by atoms with van der Waals surface area (Å²) >= 11 is 0. The molecule has 0 bridgehead atoms. The van der Waals surface area contributed by atoms with Crippen LogP contribution in [0.5, 0.6) is 11.5 Å². The van der Waals surface area contributed by atoms with Gasteiger partial charge in [0.2, 0.25) is 0 Å². The van der Waals surface area contributed by atoms with Gasteiger partial charge >= 0.3 is 6.61 Å². The Morgan fingerprint density at radius 3 is 2.92 bits per heavy atom. The number of hydroxylamine groups is 1. The number of hydrogen-bond acceptors (Lipinski definition) is 5. The standard InChI is InChI=1S/C17H16F2N2O4/c18-17(19)25-13-3-1-2-11(8-13)10-21-6-7-24-15-5-4-12(9-14(15)21)16(22)20-23/h1-5,8-9,17,23H,6-7,10H2,(H,20,22). The number of amides is 1. The van der Waals surface area contributed by atoms with E-state index >= 15 is 0 Å². The number of alkyl halides is 2. The molecule has 0 saturated heterocycles. The van der Waals surface area contributed by atoms with Gasteiger partial charge in [-0.25, -0.2) is 5.48 Å². The molecule has 6 nitrogen and oxygen atoms in total. The summed E-state index contributed by atoms with van der Waals surface area (Å²) in [5.41, 5.74) is 3.34. The molecule has 1 aliphatic rings. The fourth-order valence-corrected chi connectivity index (χ4v) is 2.68. The van der Waals surface area contributed by atoms with Gasteiger partial charge in [-0.2, -0.15) is 8.78 Å². The second kappa shape index (κ2) is 7.35. The van der Waals surface area contributed by atoms with Gasteiger partial charge in [-0.15, -0.1) is 0 Å². The Hall–Kier alpha value is -2.87. The lowest BCUT2D eigenvalue weighted by Gasteiger charge is -2.31. The number of rotatable bonds is 5. The number of nitrogens with one attached hydrogen (secondary N) is 1. The predicted molar refractivity (Wildman–Crippen MR) is 85.3 cm³/mol. The van der Waals surface area contributed by atoms with E-state index in [-0.39, 0.29) is 11.3 Å². The molecule has 0 aliphatic carbocycles. The highest BCUT2D eigenvalue weighted by atomic mass is 19.3. The number of hydrogen-bond donors (Lipinski definition) is 2. The van der Waals surface area contributed by atoms with Gasteiger partial charge < -0.3 is 14.4 Å². The molecule has 132 valence electrons. The molecule has 0 saturated carbocycles. The average Bonchev–Trinajstić information content (AvgIpc) is 2.61. The summed E-state index contributed by atoms with van der Waals surface area (Å²) in [6.45, 7) is -1.41. The molecule has 0 radical (unpaired) electrons. The van der Waals surface area contributed by atoms with Crippen LogP contribution in [0.3, 0.4) is 0 Å². The van der Waals surface area contributed by atoms with E-state index in [4.69, 9.17) is 9.94 Å². The van der Waals surface area contributed by atoms with Gasteiger partial charge in [0, 0.05) is 12.1 Å². The summed E-state index contributed by atoms with van der Waals surface area (Å²) in [4.78, 5) is 13.6. The molecule has 8 heteroatoms. The van der Waals surface area contributed by atoms with Gasteiger partial charge in [-0.05, 0) is 35.9 Å². The molecule has 3 rings (SSSR count). The number of carbonyl (C=O) groups is 1. The van der Waals surface area contributed by atoms with Gasteiger partial charge in [0.15, 0.2) is 0 Å². The summed E-state index contributed by atoms with van der Waals surface area (Å²) in [5, 5.41) is 8.78. The van der Waals surface area contributed by atoms with Gasteiger partial charge in [0.1, 0.15) is 18.1 Å². The number of ether oxygens (including phenoxy) is 2. The zero-order valence-electron chi connectivity index (χ0n) is 13.1. The maximum Gasteiger partial charge on any atom is 0.387 e. The van der Waals surface area contributed by atoms with Crippen LogP contribution in [0.2, 0.25) is 0 Å². The number of nitrogens with zero attached hydrogens (tertiary/aromatic N) is 1. The normalized spacial score (nSPS) is 13.2. The average molecular weight is 350 g/mol. The second-order valence-electron chi connectivity index (χ2n) is 5.42. The number of fused-ring (bicyclic) bond motifs is 1. The van der Waals surface area contributed by atoms with Crippen molar-refractivity contribution in [1.82, 2.24) is 5.48 Å². The Morgan fingerprint density at radius 1 is 1.32 bits per heavy atom. The van der Waals surface area contributed by atoms with Crippen LogP contribution in [0.15, 0.2) is 42.5 Å². The van der Waals surface area contributed by atoms with E-state index < -0.39 is 12.5 Å². The van der Waals surface area contributed by atoms with Crippen molar-refractivity contribution in [3.8, 4) is 11.5 Å². The number of benzene rings is 2. The van der Waals surface area contributed by atoms with Crippen molar-refractivity contribution in [2.45, 2.75) is 13.2 Å². The Kier molecular flexibility index (Phi) is 4.99. The van der Waals surface area contributed by atoms with Crippen LogP contribution in [0.4, 0.5) is 14.5 Å². The van der Waals surface area contributed by atoms with Crippen molar-refractivity contribution in [3.05, 3.63) is 53.6 Å². The first kappa shape index (κ1) is 17.0. The molecule has 0 fully saturated rings. The lowest BCUT2D eigenvalue weighted by molar-refractivity contribution is -0.0498. The van der Waals surface area contributed by atoms with Crippen molar-refractivity contribution in [1.29, 1.82) is 0 Å². The molecule has 0 unspecified atom stereocenters. The van der Waals surface area contributed by atoms with Gasteiger partial charge in [0.05, 0.1) is 12.2 Å². The zero-order valence-corrected chi connectivity index (χ0v) is 13.1. The third-order valence-corrected chi connectivity index (χ3v) is 3.78. The van der Waals surface area contributed by atoms with Crippen LogP contribution < -0.4 is 19.9 Å². The number of carbonyl (C=O) groups excluding carboxylic acids is 1. The van der Waals surface area contributed by atoms with Crippen molar-refractivity contribution >= 4 is 11.6 Å². The summed E-state index contributed by atoms with van der Waals surface area (Å²) in [7, 11) is 0. The predicted octanol–water partition coefficient (Wildman–Crippen LogP) is 2.81. The molecule has 2 aromatic carbocycles. The van der Waals surface area contributed by atoms with E-state index in [0.717, 1.165) is 5.56 Å². The van der Waals surface area contributed by atoms with Crippen LogP contribution in [-0.4, -0.2) is 30.9 Å². The molecule has 1 heterocycles. The minimum absolute atomic E-state index is 0.0920. The Morgan fingerprint density at radius 2 is 2.16 bits per heavy atom. The lowest BCUT2D eigenvalue weighted by Crippen LogP contribution is -2.32. The molecule has 0 atom stereocenters. The van der Waals surface area contributed by atoms with Gasteiger partial charge in [0.25, 0.3) is 5.91 Å². The fraction of sp³-hybridized carbons (Fsp3) is 0.235. The highest BCUT2D eigenvalue weighted by Crippen LogP contribution is 2.33. The topological polar surface area (TPSA) is 71.0 Å². The monoisotopic (exact) mass is 350 g/mol. The number of halogens is 2. The van der Waals surface area contributed by atoms with Crippen LogP contribution in [0, 0.1) is 0 Å². The van der Waals surface area contributed by atoms with E-state index in [1.54, 1.807) is 41.9 Å². The number of anilines is 1. The van der Waals surface area contributed by atoms with Crippen molar-refractivity contribution < 1.29 is 28.3 Å². The molecular weight excluding hydrogens is 334 g/mol. The summed E-state index contributed by atoms with van der Waals surface area (Å²) in [6, 6.07) is 11.3. The zero-order chi connectivity index (χ0) is 17.8. The molecule has 0 aromatic heterocycles. The summed E-state index contributed by atoms with van der Waals surface area (Å²) < 4.78 is 34.7. The first-order chi connectivity index (χ1) is 12.1. The van der Waals surface area contributed by atoms with Gasteiger partial charge in [-0.1, -0.05) is 12.1 Å². The van der Waals surface area contributed by atoms with E-state index in [0.29, 0.717) is 31.1 Å².